The van der Waals surface area contributed by atoms with Crippen molar-refractivity contribution in [2.75, 3.05) is 19.8 Å². The Morgan fingerprint density at radius 1 is 1.54 bits per heavy atom. The van der Waals surface area contributed by atoms with E-state index in [1.807, 2.05) is 6.92 Å². The molecule has 78 valence electrons. The molecule has 0 bridgehead atoms. The van der Waals surface area contributed by atoms with Crippen LogP contribution in [0.4, 0.5) is 0 Å². The summed E-state index contributed by atoms with van der Waals surface area (Å²) in [6.45, 7) is 5.38. The van der Waals surface area contributed by atoms with Crippen molar-refractivity contribution in [1.82, 2.24) is 0 Å². The molecule has 0 rings (SSSR count). The van der Waals surface area contributed by atoms with Gasteiger partial charge in [-0.3, -0.25) is 4.79 Å². The summed E-state index contributed by atoms with van der Waals surface area (Å²) in [4.78, 5) is 10.6. The Bertz CT molecular complexity index is 143. The maximum Gasteiger partial charge on any atom is 0.319 e. The molecule has 0 spiro atoms. The molecule has 0 radical (unpaired) electrons. The van der Waals surface area contributed by atoms with E-state index in [2.05, 4.69) is 6.55 Å². The van der Waals surface area contributed by atoms with E-state index >= 15 is 0 Å². The Balaban J connectivity index is 3.20. The summed E-state index contributed by atoms with van der Waals surface area (Å²) in [5.41, 5.74) is 5.07. The second-order valence-corrected chi connectivity index (χ2v) is 5.36. The number of nitrogens with two attached hydrogens (primary N) is 1. The van der Waals surface area contributed by atoms with E-state index in [9.17, 15) is 4.79 Å². The first-order valence-electron chi connectivity index (χ1n) is 4.68. The average Bonchev–Trinajstić information content (AvgIpc) is 2.12. The van der Waals surface area contributed by atoms with Crippen LogP contribution in [-0.4, -0.2) is 34.8 Å². The molecule has 0 aromatic heterocycles. The zero-order valence-electron chi connectivity index (χ0n) is 8.41. The Kier molecular flexibility index (Phi) is 7.97. The first kappa shape index (κ1) is 12.6. The summed E-state index contributed by atoms with van der Waals surface area (Å²) in [7, 11) is -0.997. The van der Waals surface area contributed by atoms with Crippen molar-refractivity contribution in [2.45, 2.75) is 25.9 Å². The number of esters is 1. The van der Waals surface area contributed by atoms with Gasteiger partial charge in [0.15, 0.2) is 9.04 Å². The van der Waals surface area contributed by atoms with E-state index in [4.69, 9.17) is 14.9 Å². The molecule has 1 atom stereocenters. The predicted molar refractivity (Wildman–Crippen MR) is 54.1 cm³/mol. The SMILES string of the molecule is CCO[SiH](C)CCCOC(=O)CN. The molecular formula is C8H19NO3Si. The first-order chi connectivity index (χ1) is 6.20. The number of ether oxygens (including phenoxy) is 1. The van der Waals surface area contributed by atoms with Gasteiger partial charge in [0.2, 0.25) is 0 Å². The monoisotopic (exact) mass is 205 g/mol. The van der Waals surface area contributed by atoms with Crippen molar-refractivity contribution in [2.24, 2.45) is 5.73 Å². The lowest BCUT2D eigenvalue weighted by Gasteiger charge is -2.09. The van der Waals surface area contributed by atoms with E-state index in [1.54, 1.807) is 0 Å². The normalized spacial score (nSPS) is 12.5. The van der Waals surface area contributed by atoms with Gasteiger partial charge in [-0.2, -0.15) is 0 Å². The van der Waals surface area contributed by atoms with Crippen LogP contribution in [0.3, 0.4) is 0 Å². The highest BCUT2D eigenvalue weighted by molar-refractivity contribution is 6.50. The lowest BCUT2D eigenvalue weighted by Crippen LogP contribution is -2.18. The lowest BCUT2D eigenvalue weighted by atomic mass is 10.5. The van der Waals surface area contributed by atoms with E-state index < -0.39 is 9.04 Å². The van der Waals surface area contributed by atoms with Crippen molar-refractivity contribution in [3.05, 3.63) is 0 Å². The van der Waals surface area contributed by atoms with Gasteiger partial charge >= 0.3 is 5.97 Å². The summed E-state index contributed by atoms with van der Waals surface area (Å²) in [5.74, 6) is -0.328. The van der Waals surface area contributed by atoms with Gasteiger partial charge in [-0.25, -0.2) is 0 Å². The molecule has 0 saturated heterocycles. The third-order valence-electron chi connectivity index (χ3n) is 1.64. The molecule has 0 aromatic rings. The lowest BCUT2D eigenvalue weighted by molar-refractivity contribution is -0.141. The van der Waals surface area contributed by atoms with E-state index in [-0.39, 0.29) is 12.5 Å². The average molecular weight is 205 g/mol. The highest BCUT2D eigenvalue weighted by Gasteiger charge is 2.04. The van der Waals surface area contributed by atoms with Crippen molar-refractivity contribution >= 4 is 15.0 Å². The van der Waals surface area contributed by atoms with Crippen LogP contribution in [0.2, 0.25) is 12.6 Å². The third-order valence-corrected chi connectivity index (χ3v) is 3.76. The van der Waals surface area contributed by atoms with E-state index in [1.165, 1.54) is 0 Å². The molecule has 0 aromatic carbocycles. The summed E-state index contributed by atoms with van der Waals surface area (Å²) in [6, 6.07) is 1.05. The fourth-order valence-corrected chi connectivity index (χ4v) is 2.46. The minimum Gasteiger partial charge on any atom is -0.465 e. The summed E-state index contributed by atoms with van der Waals surface area (Å²) in [6.07, 6.45) is 0.888. The van der Waals surface area contributed by atoms with Crippen LogP contribution < -0.4 is 5.73 Å². The zero-order chi connectivity index (χ0) is 10.1. The summed E-state index contributed by atoms with van der Waals surface area (Å²) < 4.78 is 10.3. The summed E-state index contributed by atoms with van der Waals surface area (Å²) >= 11 is 0. The second-order valence-electron chi connectivity index (χ2n) is 2.83. The van der Waals surface area contributed by atoms with Crippen molar-refractivity contribution < 1.29 is 14.0 Å². The number of rotatable bonds is 7. The van der Waals surface area contributed by atoms with Gasteiger partial charge in [0.25, 0.3) is 0 Å². The quantitative estimate of drug-likeness (QED) is 0.368. The standard InChI is InChI=1S/C8H19NO3Si/c1-3-12-13(2)6-4-5-11-8(10)7-9/h13H,3-7,9H2,1-2H3. The summed E-state index contributed by atoms with van der Waals surface area (Å²) in [5, 5.41) is 0. The van der Waals surface area contributed by atoms with Gasteiger partial charge in [-0.05, 0) is 25.9 Å². The maximum absolute atomic E-state index is 10.6. The molecule has 0 aliphatic rings. The van der Waals surface area contributed by atoms with Crippen LogP contribution in [0, 0.1) is 0 Å². The smallest absolute Gasteiger partial charge is 0.319 e. The van der Waals surface area contributed by atoms with Crippen molar-refractivity contribution in [1.29, 1.82) is 0 Å². The number of hydrogen-bond acceptors (Lipinski definition) is 4. The largest absolute Gasteiger partial charge is 0.465 e. The Morgan fingerprint density at radius 2 is 2.23 bits per heavy atom. The van der Waals surface area contributed by atoms with Crippen LogP contribution in [0.1, 0.15) is 13.3 Å². The molecule has 0 heterocycles. The molecular weight excluding hydrogens is 186 g/mol. The van der Waals surface area contributed by atoms with Gasteiger partial charge < -0.3 is 14.9 Å². The molecule has 5 heteroatoms. The van der Waals surface area contributed by atoms with Crippen LogP contribution in [0.15, 0.2) is 0 Å². The van der Waals surface area contributed by atoms with E-state index in [0.717, 1.165) is 19.1 Å². The van der Waals surface area contributed by atoms with Gasteiger partial charge in [0.1, 0.15) is 0 Å². The van der Waals surface area contributed by atoms with Crippen molar-refractivity contribution in [3.8, 4) is 0 Å². The fourth-order valence-electron chi connectivity index (χ4n) is 0.984. The van der Waals surface area contributed by atoms with Crippen LogP contribution in [0.5, 0.6) is 0 Å². The predicted octanol–water partition coefficient (Wildman–Crippen LogP) is 0.269. The van der Waals surface area contributed by atoms with Gasteiger partial charge in [0, 0.05) is 6.61 Å². The van der Waals surface area contributed by atoms with Crippen LogP contribution in [0.25, 0.3) is 0 Å². The maximum atomic E-state index is 10.6. The molecule has 0 aliphatic carbocycles. The highest BCUT2D eigenvalue weighted by Crippen LogP contribution is 1.99. The number of hydrogen-bond donors (Lipinski definition) is 1. The molecule has 0 aliphatic heterocycles. The van der Waals surface area contributed by atoms with Gasteiger partial charge in [-0.15, -0.1) is 0 Å². The van der Waals surface area contributed by atoms with Gasteiger partial charge in [-0.1, -0.05) is 0 Å². The molecule has 4 nitrogen and oxygen atoms in total. The minimum absolute atomic E-state index is 0.0293. The van der Waals surface area contributed by atoms with Crippen LogP contribution >= 0.6 is 0 Å². The Morgan fingerprint density at radius 3 is 2.77 bits per heavy atom. The molecule has 13 heavy (non-hydrogen) atoms. The molecule has 2 N–H and O–H groups in total. The first-order valence-corrected chi connectivity index (χ1v) is 7.12. The second kappa shape index (κ2) is 8.22. The zero-order valence-corrected chi connectivity index (χ0v) is 9.57. The minimum atomic E-state index is -0.997. The topological polar surface area (TPSA) is 61.5 Å². The van der Waals surface area contributed by atoms with Gasteiger partial charge in [0.05, 0.1) is 13.2 Å². The molecule has 1 unspecified atom stereocenters. The Hall–Kier alpha value is -0.393. The molecule has 0 fully saturated rings. The number of carbonyl (C=O) groups excluding carboxylic acids is 1. The third kappa shape index (κ3) is 7.95. The van der Waals surface area contributed by atoms with E-state index in [0.29, 0.717) is 6.61 Å². The number of carbonyl (C=O) groups is 1. The highest BCUT2D eigenvalue weighted by atomic mass is 28.3. The van der Waals surface area contributed by atoms with Crippen LogP contribution in [-0.2, 0) is 14.0 Å². The van der Waals surface area contributed by atoms with Crippen molar-refractivity contribution in [3.63, 3.8) is 0 Å². The molecule has 0 saturated carbocycles. The fraction of sp³-hybridized carbons (Fsp3) is 0.875. The Labute approximate surface area is 81.1 Å². The molecule has 0 amide bonds.